The molecule has 1 saturated carbocycles. The van der Waals surface area contributed by atoms with Gasteiger partial charge >= 0.3 is 0 Å². The molecule has 1 aliphatic heterocycles. The number of carbonyl (C=O) groups is 2. The number of amides is 2. The molecule has 0 spiro atoms. The summed E-state index contributed by atoms with van der Waals surface area (Å²) in [4.78, 5) is 33.3. The SMILES string of the molecule is O=C(CCN1C(=O)/C(=C/c2ccc(OC3CCCCC3)cc2)SC1=S)Nc1nc2c(s1)CCCC2. The van der Waals surface area contributed by atoms with Gasteiger partial charge in [0, 0.05) is 17.8 Å². The van der Waals surface area contributed by atoms with E-state index in [2.05, 4.69) is 10.3 Å². The Morgan fingerprint density at radius 3 is 2.69 bits per heavy atom. The van der Waals surface area contributed by atoms with E-state index in [1.807, 2.05) is 30.3 Å². The van der Waals surface area contributed by atoms with Crippen LogP contribution in [0.3, 0.4) is 0 Å². The minimum atomic E-state index is -0.153. The molecule has 2 heterocycles. The fourth-order valence-electron chi connectivity index (χ4n) is 4.66. The van der Waals surface area contributed by atoms with Crippen molar-refractivity contribution in [2.75, 3.05) is 11.9 Å². The molecule has 2 aromatic rings. The fourth-order valence-corrected chi connectivity index (χ4v) is 7.04. The molecular formula is C26H29N3O3S3. The molecule has 0 radical (unpaired) electrons. The molecule has 184 valence electrons. The van der Waals surface area contributed by atoms with Crippen LogP contribution in [0.15, 0.2) is 29.2 Å². The lowest BCUT2D eigenvalue weighted by Gasteiger charge is -2.22. The quantitative estimate of drug-likeness (QED) is 0.354. The molecule has 1 aromatic carbocycles. The molecule has 0 atom stereocenters. The molecule has 5 rings (SSSR count). The number of hydrogen-bond donors (Lipinski definition) is 1. The Balaban J connectivity index is 1.14. The van der Waals surface area contributed by atoms with Gasteiger partial charge in [-0.25, -0.2) is 4.98 Å². The molecule has 6 nitrogen and oxygen atoms in total. The van der Waals surface area contributed by atoms with E-state index in [1.165, 1.54) is 47.2 Å². The predicted octanol–water partition coefficient (Wildman–Crippen LogP) is 5.96. The summed E-state index contributed by atoms with van der Waals surface area (Å²) in [6.45, 7) is 0.257. The van der Waals surface area contributed by atoms with E-state index in [1.54, 1.807) is 11.3 Å². The largest absolute Gasteiger partial charge is 0.490 e. The van der Waals surface area contributed by atoms with Crippen molar-refractivity contribution in [1.29, 1.82) is 0 Å². The van der Waals surface area contributed by atoms with Crippen molar-refractivity contribution in [3.05, 3.63) is 45.3 Å². The highest BCUT2D eigenvalue weighted by atomic mass is 32.2. The highest BCUT2D eigenvalue weighted by molar-refractivity contribution is 8.26. The summed E-state index contributed by atoms with van der Waals surface area (Å²) >= 11 is 8.27. The Morgan fingerprint density at radius 1 is 1.14 bits per heavy atom. The molecule has 3 aliphatic rings. The maximum absolute atomic E-state index is 12.9. The van der Waals surface area contributed by atoms with Crippen molar-refractivity contribution in [2.45, 2.75) is 70.3 Å². The van der Waals surface area contributed by atoms with Crippen LogP contribution < -0.4 is 10.1 Å². The van der Waals surface area contributed by atoms with Crippen LogP contribution >= 0.6 is 35.3 Å². The molecule has 2 amide bonds. The van der Waals surface area contributed by atoms with Crippen molar-refractivity contribution < 1.29 is 14.3 Å². The van der Waals surface area contributed by atoms with Gasteiger partial charge in [-0.15, -0.1) is 11.3 Å². The first-order valence-electron chi connectivity index (χ1n) is 12.4. The highest BCUT2D eigenvalue weighted by Gasteiger charge is 2.32. The van der Waals surface area contributed by atoms with Gasteiger partial charge in [0.25, 0.3) is 5.91 Å². The third kappa shape index (κ3) is 6.13. The van der Waals surface area contributed by atoms with Gasteiger partial charge in [-0.2, -0.15) is 0 Å². The van der Waals surface area contributed by atoms with Crippen LogP contribution in [-0.2, 0) is 22.4 Å². The number of nitrogens with zero attached hydrogens (tertiary/aromatic N) is 2. The number of hydrogen-bond acceptors (Lipinski definition) is 7. The van der Waals surface area contributed by atoms with Crippen LogP contribution in [0.4, 0.5) is 5.13 Å². The Bertz CT molecular complexity index is 1110. The summed E-state index contributed by atoms with van der Waals surface area (Å²) < 4.78 is 6.58. The van der Waals surface area contributed by atoms with Crippen LogP contribution in [0.5, 0.6) is 5.75 Å². The molecule has 35 heavy (non-hydrogen) atoms. The molecule has 1 saturated heterocycles. The number of aromatic nitrogens is 1. The van der Waals surface area contributed by atoms with E-state index in [-0.39, 0.29) is 24.8 Å². The molecule has 2 fully saturated rings. The van der Waals surface area contributed by atoms with Crippen molar-refractivity contribution in [3.63, 3.8) is 0 Å². The second-order valence-corrected chi connectivity index (χ2v) is 11.9. The van der Waals surface area contributed by atoms with Crippen molar-refractivity contribution >= 4 is 62.7 Å². The Kier molecular flexibility index (Phi) is 7.84. The number of thiazole rings is 1. The first-order chi connectivity index (χ1) is 17.0. The van der Waals surface area contributed by atoms with Gasteiger partial charge in [0.2, 0.25) is 5.91 Å². The Labute approximate surface area is 219 Å². The monoisotopic (exact) mass is 527 g/mol. The van der Waals surface area contributed by atoms with Gasteiger partial charge in [0.05, 0.1) is 16.7 Å². The Hall–Kier alpha value is -2.23. The maximum Gasteiger partial charge on any atom is 0.266 e. The van der Waals surface area contributed by atoms with Gasteiger partial charge in [0.15, 0.2) is 5.13 Å². The van der Waals surface area contributed by atoms with Gasteiger partial charge in [-0.3, -0.25) is 14.5 Å². The average molecular weight is 528 g/mol. The van der Waals surface area contributed by atoms with E-state index in [9.17, 15) is 9.59 Å². The summed E-state index contributed by atoms with van der Waals surface area (Å²) in [7, 11) is 0. The molecule has 2 aliphatic carbocycles. The number of thioether (sulfide) groups is 1. The fraction of sp³-hybridized carbons (Fsp3) is 0.462. The molecule has 1 N–H and O–H groups in total. The van der Waals surface area contributed by atoms with Crippen LogP contribution in [-0.4, -0.2) is 38.7 Å². The minimum Gasteiger partial charge on any atom is -0.490 e. The zero-order chi connectivity index (χ0) is 24.2. The van der Waals surface area contributed by atoms with E-state index in [0.717, 1.165) is 49.1 Å². The second kappa shape index (κ2) is 11.2. The van der Waals surface area contributed by atoms with E-state index < -0.39 is 0 Å². The van der Waals surface area contributed by atoms with Gasteiger partial charge in [-0.1, -0.05) is 42.5 Å². The lowest BCUT2D eigenvalue weighted by Crippen LogP contribution is -2.31. The highest BCUT2D eigenvalue weighted by Crippen LogP contribution is 2.33. The summed E-state index contributed by atoms with van der Waals surface area (Å²) in [5, 5.41) is 3.55. The van der Waals surface area contributed by atoms with Crippen molar-refractivity contribution in [2.24, 2.45) is 0 Å². The Morgan fingerprint density at radius 2 is 1.91 bits per heavy atom. The zero-order valence-electron chi connectivity index (χ0n) is 19.6. The van der Waals surface area contributed by atoms with Crippen molar-refractivity contribution in [1.82, 2.24) is 9.88 Å². The lowest BCUT2D eigenvalue weighted by atomic mass is 9.98. The third-order valence-electron chi connectivity index (χ3n) is 6.56. The predicted molar refractivity (Wildman–Crippen MR) is 146 cm³/mol. The molecule has 0 bridgehead atoms. The van der Waals surface area contributed by atoms with Crippen LogP contribution in [0, 0.1) is 0 Å². The second-order valence-electron chi connectivity index (χ2n) is 9.17. The van der Waals surface area contributed by atoms with Crippen LogP contribution in [0.2, 0.25) is 0 Å². The van der Waals surface area contributed by atoms with Crippen molar-refractivity contribution in [3.8, 4) is 5.75 Å². The van der Waals surface area contributed by atoms with Gasteiger partial charge < -0.3 is 10.1 Å². The minimum absolute atomic E-state index is 0.150. The molecular weight excluding hydrogens is 499 g/mol. The number of nitrogens with one attached hydrogen (secondary N) is 1. The third-order valence-corrected chi connectivity index (χ3v) is 9.01. The average Bonchev–Trinajstić information content (AvgIpc) is 3.39. The first-order valence-corrected chi connectivity index (χ1v) is 14.4. The smallest absolute Gasteiger partial charge is 0.266 e. The lowest BCUT2D eigenvalue weighted by molar-refractivity contribution is -0.122. The van der Waals surface area contributed by atoms with Crippen LogP contribution in [0.25, 0.3) is 6.08 Å². The molecule has 0 unspecified atom stereocenters. The summed E-state index contributed by atoms with van der Waals surface area (Å²) in [5.41, 5.74) is 2.04. The summed E-state index contributed by atoms with van der Waals surface area (Å²) in [5.74, 6) is 0.566. The standard InChI is InChI=1S/C26H29N3O3S3/c30-23(28-25-27-20-8-4-5-9-21(20)34-25)14-15-29-24(31)22(35-26(29)33)16-17-10-12-19(13-11-17)32-18-6-2-1-3-7-18/h10-13,16,18H,1-9,14-15H2,(H,27,28,30)/b22-16-. The number of carbonyl (C=O) groups excluding carboxylic acids is 2. The summed E-state index contributed by atoms with van der Waals surface area (Å²) in [6.07, 6.45) is 12.7. The van der Waals surface area contributed by atoms with Gasteiger partial charge in [0.1, 0.15) is 10.1 Å². The number of thiocarbonyl (C=S) groups is 1. The molecule has 9 heteroatoms. The number of ether oxygens (including phenoxy) is 1. The number of anilines is 1. The number of fused-ring (bicyclic) bond motifs is 1. The zero-order valence-corrected chi connectivity index (χ0v) is 22.0. The number of rotatable bonds is 7. The molecule has 1 aromatic heterocycles. The number of benzene rings is 1. The normalized spacial score (nSPS) is 19.8. The topological polar surface area (TPSA) is 71.5 Å². The first kappa shape index (κ1) is 24.5. The van der Waals surface area contributed by atoms with Gasteiger partial charge in [-0.05, 0) is 75.1 Å². The van der Waals surface area contributed by atoms with E-state index >= 15 is 0 Å². The maximum atomic E-state index is 12.9. The summed E-state index contributed by atoms with van der Waals surface area (Å²) in [6, 6.07) is 7.85. The number of aryl methyl sites for hydroxylation is 2. The van der Waals surface area contributed by atoms with Crippen LogP contribution in [0.1, 0.15) is 67.5 Å². The van der Waals surface area contributed by atoms with E-state index in [4.69, 9.17) is 17.0 Å². The van der Waals surface area contributed by atoms with E-state index in [0.29, 0.717) is 20.5 Å².